The first kappa shape index (κ1) is 14.6. The molecule has 0 unspecified atom stereocenters. The van der Waals surface area contributed by atoms with Gasteiger partial charge in [0.25, 0.3) is 0 Å². The molecule has 22 heavy (non-hydrogen) atoms. The van der Waals surface area contributed by atoms with Gasteiger partial charge < -0.3 is 4.57 Å². The summed E-state index contributed by atoms with van der Waals surface area (Å²) in [7, 11) is -1.14. The van der Waals surface area contributed by atoms with Gasteiger partial charge in [-0.05, 0) is 37.6 Å². The molecule has 2 heterocycles. The van der Waals surface area contributed by atoms with E-state index in [0.29, 0.717) is 11.7 Å². The van der Waals surface area contributed by atoms with Gasteiger partial charge in [-0.15, -0.1) is 10.2 Å². The summed E-state index contributed by atoms with van der Waals surface area (Å²) in [5, 5.41) is 12.7. The molecule has 114 valence electrons. The molecular weight excluding hydrogens is 298 g/mol. The lowest BCUT2D eigenvalue weighted by atomic mass is 10.2. The molecule has 0 saturated heterocycles. The minimum atomic E-state index is -1.14. The molecule has 0 saturated carbocycles. The maximum Gasteiger partial charge on any atom is 0.221 e. The maximum atomic E-state index is 11.6. The van der Waals surface area contributed by atoms with Gasteiger partial charge in [-0.25, -0.2) is 4.68 Å². The van der Waals surface area contributed by atoms with Gasteiger partial charge in [-0.1, -0.05) is 12.1 Å². The van der Waals surface area contributed by atoms with Gasteiger partial charge in [0, 0.05) is 11.9 Å². The lowest BCUT2D eigenvalue weighted by Gasteiger charge is -2.08. The molecule has 0 bridgehead atoms. The van der Waals surface area contributed by atoms with Crippen LogP contribution in [0.2, 0.25) is 0 Å². The van der Waals surface area contributed by atoms with Crippen LogP contribution in [-0.4, -0.2) is 35.0 Å². The van der Waals surface area contributed by atoms with E-state index < -0.39 is 10.8 Å². The summed E-state index contributed by atoms with van der Waals surface area (Å²) in [5.74, 6) is 0. The molecule has 1 atom stereocenters. The predicted octanol–water partition coefficient (Wildman–Crippen LogP) is 1.87. The molecule has 2 aromatic heterocycles. The van der Waals surface area contributed by atoms with E-state index in [2.05, 4.69) is 15.3 Å². The highest BCUT2D eigenvalue weighted by molar-refractivity contribution is 7.84. The quantitative estimate of drug-likeness (QED) is 0.737. The molecule has 6 nitrogen and oxygen atoms in total. The summed E-state index contributed by atoms with van der Waals surface area (Å²) in [4.78, 5) is 0. The van der Waals surface area contributed by atoms with E-state index in [1.807, 2.05) is 48.9 Å². The number of nitrogens with zero attached hydrogens (tertiary/aromatic N) is 5. The number of hydrogen-bond acceptors (Lipinski definition) is 4. The van der Waals surface area contributed by atoms with Crippen LogP contribution in [0.15, 0.2) is 41.8 Å². The van der Waals surface area contributed by atoms with Crippen LogP contribution in [0.1, 0.15) is 17.0 Å². The van der Waals surface area contributed by atoms with Crippen LogP contribution in [-0.2, 0) is 17.3 Å². The van der Waals surface area contributed by atoms with Crippen molar-refractivity contribution in [1.29, 1.82) is 0 Å². The van der Waals surface area contributed by atoms with E-state index in [4.69, 9.17) is 0 Å². The zero-order valence-electron chi connectivity index (χ0n) is 12.7. The third-order valence-electron chi connectivity index (χ3n) is 3.38. The zero-order chi connectivity index (χ0) is 15.7. The predicted molar refractivity (Wildman–Crippen MR) is 84.5 cm³/mol. The third-order valence-corrected chi connectivity index (χ3v) is 4.21. The maximum absolute atomic E-state index is 11.6. The topological polar surface area (TPSA) is 65.6 Å². The van der Waals surface area contributed by atoms with Crippen molar-refractivity contribution >= 4 is 10.8 Å². The molecular formula is C15H17N5OS. The molecule has 0 amide bonds. The van der Waals surface area contributed by atoms with Gasteiger partial charge >= 0.3 is 0 Å². The number of benzene rings is 1. The normalized spacial score (nSPS) is 12.5. The van der Waals surface area contributed by atoms with Gasteiger partial charge in [0.2, 0.25) is 5.16 Å². The van der Waals surface area contributed by atoms with Crippen molar-refractivity contribution in [2.45, 2.75) is 25.5 Å². The highest BCUT2D eigenvalue weighted by Gasteiger charge is 2.09. The molecule has 7 heteroatoms. The Morgan fingerprint density at radius 1 is 1.18 bits per heavy atom. The number of aromatic nitrogens is 5. The van der Waals surface area contributed by atoms with Gasteiger partial charge in [0.05, 0.1) is 28.7 Å². The van der Waals surface area contributed by atoms with E-state index in [1.165, 1.54) is 0 Å². The summed E-state index contributed by atoms with van der Waals surface area (Å²) >= 11 is 0. The smallest absolute Gasteiger partial charge is 0.221 e. The van der Waals surface area contributed by atoms with Crippen molar-refractivity contribution in [1.82, 2.24) is 24.5 Å². The van der Waals surface area contributed by atoms with Gasteiger partial charge in [0.1, 0.15) is 6.33 Å². The summed E-state index contributed by atoms with van der Waals surface area (Å²) < 4.78 is 15.3. The fraction of sp³-hybridized carbons (Fsp3) is 0.267. The third kappa shape index (κ3) is 2.85. The van der Waals surface area contributed by atoms with Crippen LogP contribution in [0.25, 0.3) is 5.69 Å². The Kier molecular flexibility index (Phi) is 3.89. The second kappa shape index (κ2) is 5.84. The van der Waals surface area contributed by atoms with Crippen molar-refractivity contribution in [3.63, 3.8) is 0 Å². The van der Waals surface area contributed by atoms with E-state index in [0.717, 1.165) is 22.6 Å². The average Bonchev–Trinajstić information content (AvgIpc) is 3.06. The van der Waals surface area contributed by atoms with Crippen molar-refractivity contribution in [2.75, 3.05) is 6.26 Å². The largest absolute Gasteiger partial charge is 0.302 e. The van der Waals surface area contributed by atoms with Crippen LogP contribution in [0, 0.1) is 13.8 Å². The molecule has 0 aliphatic heterocycles. The molecule has 0 aliphatic carbocycles. The van der Waals surface area contributed by atoms with Crippen molar-refractivity contribution in [2.24, 2.45) is 0 Å². The number of rotatable bonds is 4. The fourth-order valence-electron chi connectivity index (χ4n) is 2.40. The first-order valence-corrected chi connectivity index (χ1v) is 8.44. The molecule has 0 aliphatic rings. The van der Waals surface area contributed by atoms with Gasteiger partial charge in [-0.2, -0.15) is 5.10 Å². The Morgan fingerprint density at radius 2 is 1.91 bits per heavy atom. The van der Waals surface area contributed by atoms with E-state index >= 15 is 0 Å². The van der Waals surface area contributed by atoms with Crippen LogP contribution in [0.5, 0.6) is 0 Å². The molecule has 0 fully saturated rings. The minimum absolute atomic E-state index is 0.489. The Labute approximate surface area is 131 Å². The number of aryl methyl sites for hydroxylation is 2. The van der Waals surface area contributed by atoms with Crippen LogP contribution in [0.3, 0.4) is 0 Å². The molecule has 3 aromatic rings. The van der Waals surface area contributed by atoms with Crippen molar-refractivity contribution in [3.05, 3.63) is 53.6 Å². The van der Waals surface area contributed by atoms with Gasteiger partial charge in [-0.3, -0.25) is 4.21 Å². The molecule has 0 radical (unpaired) electrons. The second-order valence-corrected chi connectivity index (χ2v) is 6.47. The average molecular weight is 315 g/mol. The van der Waals surface area contributed by atoms with Gasteiger partial charge in [0.15, 0.2) is 0 Å². The van der Waals surface area contributed by atoms with Crippen molar-refractivity contribution in [3.8, 4) is 5.69 Å². The lowest BCUT2D eigenvalue weighted by molar-refractivity contribution is 0.653. The van der Waals surface area contributed by atoms with E-state index in [1.54, 1.807) is 17.2 Å². The first-order valence-electron chi connectivity index (χ1n) is 6.88. The highest BCUT2D eigenvalue weighted by atomic mass is 32.2. The number of hydrogen-bond donors (Lipinski definition) is 0. The lowest BCUT2D eigenvalue weighted by Crippen LogP contribution is -2.06. The Balaban J connectivity index is 1.84. The molecule has 0 spiro atoms. The fourth-order valence-corrected chi connectivity index (χ4v) is 3.01. The minimum Gasteiger partial charge on any atom is -0.302 e. The SMILES string of the molecule is Cc1cc(C)n(-c2ccc(Cn3cnnc3[S@@](C)=O)cc2)n1. The van der Waals surface area contributed by atoms with Crippen LogP contribution in [0.4, 0.5) is 0 Å². The van der Waals surface area contributed by atoms with Crippen LogP contribution >= 0.6 is 0 Å². The van der Waals surface area contributed by atoms with E-state index in [9.17, 15) is 4.21 Å². The first-order chi connectivity index (χ1) is 10.5. The van der Waals surface area contributed by atoms with Crippen molar-refractivity contribution < 1.29 is 4.21 Å². The van der Waals surface area contributed by atoms with Crippen LogP contribution < -0.4 is 0 Å². The monoisotopic (exact) mass is 315 g/mol. The van der Waals surface area contributed by atoms with E-state index in [-0.39, 0.29) is 0 Å². The molecule has 3 rings (SSSR count). The zero-order valence-corrected chi connectivity index (χ0v) is 13.5. The Bertz CT molecular complexity index is 819. The second-order valence-electron chi connectivity index (χ2n) is 5.20. The highest BCUT2D eigenvalue weighted by Crippen LogP contribution is 2.14. The Hall–Kier alpha value is -2.28. The summed E-state index contributed by atoms with van der Waals surface area (Å²) in [6, 6.07) is 10.2. The summed E-state index contributed by atoms with van der Waals surface area (Å²) in [5.41, 5.74) is 4.23. The summed E-state index contributed by atoms with van der Waals surface area (Å²) in [6.45, 7) is 4.61. The summed E-state index contributed by atoms with van der Waals surface area (Å²) in [6.07, 6.45) is 3.21. The molecule has 0 N–H and O–H groups in total. The Morgan fingerprint density at radius 3 is 2.50 bits per heavy atom. The standard InChI is InChI=1S/C15H17N5OS/c1-11-8-12(2)20(18-11)14-6-4-13(5-7-14)9-19-10-16-17-15(19)22(3)21/h4-8,10H,9H2,1-3H3/t22-/m1/s1. The molecule has 1 aromatic carbocycles.